The van der Waals surface area contributed by atoms with Crippen LogP contribution in [0.3, 0.4) is 0 Å². The van der Waals surface area contributed by atoms with E-state index in [1.54, 1.807) is 6.92 Å². The van der Waals surface area contributed by atoms with E-state index in [0.29, 0.717) is 5.01 Å². The van der Waals surface area contributed by atoms with Gasteiger partial charge in [0, 0.05) is 5.56 Å². The molecule has 0 fully saturated rings. The molecule has 6 nitrogen and oxygen atoms in total. The SMILES string of the molecule is Cc1nnc(NC(=O)c2ccc(NN)c(C(F)(F)F)c2)s1. The van der Waals surface area contributed by atoms with Crippen LogP contribution in [0.4, 0.5) is 24.0 Å². The minimum atomic E-state index is -4.63. The van der Waals surface area contributed by atoms with Gasteiger partial charge < -0.3 is 5.43 Å². The maximum atomic E-state index is 12.9. The van der Waals surface area contributed by atoms with Crippen LogP contribution in [-0.4, -0.2) is 16.1 Å². The molecule has 0 atom stereocenters. The number of nitrogens with one attached hydrogen (secondary N) is 2. The molecule has 0 bridgehead atoms. The van der Waals surface area contributed by atoms with Crippen molar-refractivity contribution >= 4 is 28.1 Å². The first-order valence-corrected chi connectivity index (χ1v) is 6.42. The second-order valence-electron chi connectivity index (χ2n) is 3.98. The zero-order chi connectivity index (χ0) is 15.6. The Balaban J connectivity index is 2.29. The number of nitrogen functional groups attached to an aromatic ring is 1. The molecular weight excluding hydrogens is 307 g/mol. The number of aryl methyl sites for hydroxylation is 1. The number of hydrogen-bond acceptors (Lipinski definition) is 6. The van der Waals surface area contributed by atoms with E-state index in [2.05, 4.69) is 15.5 Å². The summed E-state index contributed by atoms with van der Waals surface area (Å²) in [6, 6.07) is 3.04. The number of aromatic nitrogens is 2. The fraction of sp³-hybridized carbons (Fsp3) is 0.182. The van der Waals surface area contributed by atoms with Gasteiger partial charge in [-0.2, -0.15) is 13.2 Å². The molecule has 1 aromatic heterocycles. The van der Waals surface area contributed by atoms with Gasteiger partial charge in [0.2, 0.25) is 5.13 Å². The Hall–Kier alpha value is -2.20. The maximum absolute atomic E-state index is 12.9. The van der Waals surface area contributed by atoms with Gasteiger partial charge in [-0.1, -0.05) is 11.3 Å². The maximum Gasteiger partial charge on any atom is 0.418 e. The summed E-state index contributed by atoms with van der Waals surface area (Å²) in [6.07, 6.45) is -4.63. The van der Waals surface area contributed by atoms with Gasteiger partial charge >= 0.3 is 6.18 Å². The van der Waals surface area contributed by atoms with Crippen LogP contribution >= 0.6 is 11.3 Å². The van der Waals surface area contributed by atoms with E-state index in [9.17, 15) is 18.0 Å². The van der Waals surface area contributed by atoms with Crippen LogP contribution in [0.2, 0.25) is 0 Å². The average Bonchev–Trinajstić information content (AvgIpc) is 2.82. The third-order valence-corrected chi connectivity index (χ3v) is 3.24. The molecule has 0 aliphatic carbocycles. The Morgan fingerprint density at radius 3 is 2.57 bits per heavy atom. The predicted molar refractivity (Wildman–Crippen MR) is 71.9 cm³/mol. The summed E-state index contributed by atoms with van der Waals surface area (Å²) < 4.78 is 38.6. The molecule has 10 heteroatoms. The summed E-state index contributed by atoms with van der Waals surface area (Å²) in [5.41, 5.74) is 0.455. The van der Waals surface area contributed by atoms with Gasteiger partial charge in [0.25, 0.3) is 5.91 Å². The fourth-order valence-corrected chi connectivity index (χ4v) is 2.15. The zero-order valence-electron chi connectivity index (χ0n) is 10.7. The van der Waals surface area contributed by atoms with E-state index >= 15 is 0 Å². The van der Waals surface area contributed by atoms with Crippen LogP contribution in [0.5, 0.6) is 0 Å². The number of carbonyl (C=O) groups excluding carboxylic acids is 1. The van der Waals surface area contributed by atoms with Crippen molar-refractivity contribution in [3.05, 3.63) is 34.3 Å². The minimum absolute atomic E-state index is 0.158. The Morgan fingerprint density at radius 2 is 2.05 bits per heavy atom. The number of nitrogens with two attached hydrogens (primary N) is 1. The molecule has 0 saturated carbocycles. The van der Waals surface area contributed by atoms with Crippen LogP contribution in [0.25, 0.3) is 0 Å². The smallest absolute Gasteiger partial charge is 0.324 e. The van der Waals surface area contributed by atoms with Crippen molar-refractivity contribution in [1.29, 1.82) is 0 Å². The molecule has 0 aliphatic heterocycles. The van der Waals surface area contributed by atoms with Crippen molar-refractivity contribution < 1.29 is 18.0 Å². The number of hydrazine groups is 1. The first kappa shape index (κ1) is 15.2. The highest BCUT2D eigenvalue weighted by molar-refractivity contribution is 7.15. The zero-order valence-corrected chi connectivity index (χ0v) is 11.5. The number of halogens is 3. The van der Waals surface area contributed by atoms with Crippen molar-refractivity contribution in [3.63, 3.8) is 0 Å². The molecule has 1 aromatic carbocycles. The molecule has 1 heterocycles. The summed E-state index contributed by atoms with van der Waals surface area (Å²) >= 11 is 1.12. The van der Waals surface area contributed by atoms with Crippen molar-refractivity contribution in [1.82, 2.24) is 10.2 Å². The Bertz CT molecular complexity index is 670. The third-order valence-electron chi connectivity index (χ3n) is 2.49. The molecule has 0 aliphatic rings. The lowest BCUT2D eigenvalue weighted by atomic mass is 10.1. The van der Waals surface area contributed by atoms with Crippen molar-refractivity contribution in [2.24, 2.45) is 5.84 Å². The van der Waals surface area contributed by atoms with Crippen molar-refractivity contribution in [2.75, 3.05) is 10.7 Å². The number of rotatable bonds is 3. The lowest BCUT2D eigenvalue weighted by Crippen LogP contribution is -2.18. The topological polar surface area (TPSA) is 92.9 Å². The van der Waals surface area contributed by atoms with Gasteiger partial charge in [-0.05, 0) is 25.1 Å². The van der Waals surface area contributed by atoms with E-state index < -0.39 is 17.6 Å². The number of carbonyl (C=O) groups is 1. The number of nitrogens with zero attached hydrogens (tertiary/aromatic N) is 2. The predicted octanol–water partition coefficient (Wildman–Crippen LogP) is 2.40. The highest BCUT2D eigenvalue weighted by Gasteiger charge is 2.34. The van der Waals surface area contributed by atoms with E-state index in [0.717, 1.165) is 23.5 Å². The molecule has 0 spiro atoms. The van der Waals surface area contributed by atoms with Gasteiger partial charge in [-0.25, -0.2) is 0 Å². The minimum Gasteiger partial charge on any atom is -0.324 e. The lowest BCUT2D eigenvalue weighted by molar-refractivity contribution is -0.137. The number of hydrogen-bond donors (Lipinski definition) is 3. The number of benzene rings is 1. The van der Waals surface area contributed by atoms with Gasteiger partial charge in [0.05, 0.1) is 11.3 Å². The molecule has 2 aromatic rings. The molecule has 21 heavy (non-hydrogen) atoms. The molecule has 0 saturated heterocycles. The van der Waals surface area contributed by atoms with Crippen molar-refractivity contribution in [2.45, 2.75) is 13.1 Å². The Labute approximate surface area is 121 Å². The number of alkyl halides is 3. The average molecular weight is 317 g/mol. The summed E-state index contributed by atoms with van der Waals surface area (Å²) in [6.45, 7) is 1.69. The standard InChI is InChI=1S/C11H10F3N5OS/c1-5-18-19-10(21-5)16-9(20)6-2-3-8(17-15)7(4-6)11(12,13)14/h2-4,17H,15H2,1H3,(H,16,19,20). The lowest BCUT2D eigenvalue weighted by Gasteiger charge is -2.13. The second-order valence-corrected chi connectivity index (χ2v) is 5.16. The molecule has 112 valence electrons. The summed E-state index contributed by atoms with van der Waals surface area (Å²) in [5.74, 6) is 4.32. The Morgan fingerprint density at radius 1 is 1.33 bits per heavy atom. The molecule has 4 N–H and O–H groups in total. The van der Waals surface area contributed by atoms with Crippen LogP contribution in [-0.2, 0) is 6.18 Å². The first-order valence-electron chi connectivity index (χ1n) is 5.60. The fourth-order valence-electron chi connectivity index (χ4n) is 1.56. The third kappa shape index (κ3) is 3.47. The quantitative estimate of drug-likeness (QED) is 0.597. The largest absolute Gasteiger partial charge is 0.418 e. The van der Waals surface area contributed by atoms with E-state index in [-0.39, 0.29) is 16.4 Å². The Kier molecular flexibility index (Phi) is 4.09. The second kappa shape index (κ2) is 5.66. The molecule has 0 radical (unpaired) electrons. The molecule has 1 amide bonds. The van der Waals surface area contributed by atoms with Crippen LogP contribution in [0, 0.1) is 6.92 Å². The molecule has 0 unspecified atom stereocenters. The highest BCUT2D eigenvalue weighted by atomic mass is 32.1. The highest BCUT2D eigenvalue weighted by Crippen LogP contribution is 2.35. The van der Waals surface area contributed by atoms with Gasteiger partial charge in [-0.3, -0.25) is 16.0 Å². The first-order chi connectivity index (χ1) is 9.81. The van der Waals surface area contributed by atoms with Crippen LogP contribution in [0.15, 0.2) is 18.2 Å². The van der Waals surface area contributed by atoms with Gasteiger partial charge in [0.1, 0.15) is 5.01 Å². The normalized spacial score (nSPS) is 11.3. The summed E-state index contributed by atoms with van der Waals surface area (Å²) in [5, 5.41) is 10.6. The van der Waals surface area contributed by atoms with Gasteiger partial charge in [0.15, 0.2) is 0 Å². The van der Waals surface area contributed by atoms with E-state index in [1.807, 2.05) is 5.43 Å². The number of amides is 1. The monoisotopic (exact) mass is 317 g/mol. The van der Waals surface area contributed by atoms with Crippen molar-refractivity contribution in [3.8, 4) is 0 Å². The van der Waals surface area contributed by atoms with Gasteiger partial charge in [-0.15, -0.1) is 10.2 Å². The summed E-state index contributed by atoms with van der Waals surface area (Å²) in [4.78, 5) is 11.9. The van der Waals surface area contributed by atoms with E-state index in [1.165, 1.54) is 6.07 Å². The number of anilines is 2. The molecular formula is C11H10F3N5OS. The van der Waals surface area contributed by atoms with Crippen LogP contribution < -0.4 is 16.6 Å². The van der Waals surface area contributed by atoms with Crippen LogP contribution in [0.1, 0.15) is 20.9 Å². The van der Waals surface area contributed by atoms with E-state index in [4.69, 9.17) is 5.84 Å². The molecule has 2 rings (SSSR count). The summed E-state index contributed by atoms with van der Waals surface area (Å²) in [7, 11) is 0.